The van der Waals surface area contributed by atoms with Crippen LogP contribution in [0.2, 0.25) is 18.6 Å². The van der Waals surface area contributed by atoms with Crippen LogP contribution in [0.1, 0.15) is 47.0 Å². The quantitative estimate of drug-likeness (QED) is 0.689. The Balaban J connectivity index is 2.56. The zero-order valence-corrected chi connectivity index (χ0v) is 11.8. The number of nitrogens with one attached hydrogen (secondary N) is 1. The molecule has 0 saturated heterocycles. The molecule has 2 atom stereocenters. The van der Waals surface area contributed by atoms with E-state index in [1.807, 2.05) is 0 Å². The predicted octanol–water partition coefficient (Wildman–Crippen LogP) is 3.77. The summed E-state index contributed by atoms with van der Waals surface area (Å²) < 4.78 is 0. The summed E-state index contributed by atoms with van der Waals surface area (Å²) in [6.07, 6.45) is 4.37. The lowest BCUT2D eigenvalue weighted by Gasteiger charge is -2.37. The van der Waals surface area contributed by atoms with E-state index in [9.17, 15) is 0 Å². The van der Waals surface area contributed by atoms with Crippen molar-refractivity contribution in [2.24, 2.45) is 5.92 Å². The molecule has 0 aliphatic heterocycles. The molecule has 14 heavy (non-hydrogen) atoms. The van der Waals surface area contributed by atoms with E-state index < -0.39 is 8.24 Å². The summed E-state index contributed by atoms with van der Waals surface area (Å²) in [4.78, 5) is 3.90. The zero-order valence-electron chi connectivity index (χ0n) is 10.8. The Hall–Kier alpha value is 0.177. The van der Waals surface area contributed by atoms with Crippen LogP contribution in [0, 0.1) is 5.92 Å². The second kappa shape index (κ2) is 3.97. The van der Waals surface area contributed by atoms with Gasteiger partial charge in [0.05, 0.1) is 0 Å². The Kier molecular flexibility index (Phi) is 3.48. The van der Waals surface area contributed by atoms with Gasteiger partial charge in [0, 0.05) is 5.54 Å². The van der Waals surface area contributed by atoms with Crippen LogP contribution in [0.5, 0.6) is 0 Å². The Bertz CT molecular complexity index is 193. The van der Waals surface area contributed by atoms with E-state index in [0.717, 1.165) is 11.5 Å². The minimum absolute atomic E-state index is 0.293. The molecule has 1 N–H and O–H groups in total. The van der Waals surface area contributed by atoms with Crippen LogP contribution < -0.4 is 4.98 Å². The summed E-state index contributed by atoms with van der Waals surface area (Å²) in [6.45, 7) is 14.3. The third-order valence-corrected chi connectivity index (χ3v) is 7.37. The first-order valence-electron chi connectivity index (χ1n) is 6.00. The minimum Gasteiger partial charge on any atom is -0.332 e. The number of hydrogen-bond donors (Lipinski definition) is 1. The molecule has 1 saturated carbocycles. The Morgan fingerprint density at radius 2 is 1.71 bits per heavy atom. The van der Waals surface area contributed by atoms with Crippen LogP contribution in [-0.4, -0.2) is 13.8 Å². The highest BCUT2D eigenvalue weighted by molar-refractivity contribution is 6.76. The van der Waals surface area contributed by atoms with Crippen LogP contribution in [0.3, 0.4) is 0 Å². The molecule has 0 bridgehead atoms. The molecule has 0 aromatic rings. The SMILES string of the molecule is CC1CCC([Si](C)(C)NC(C)(C)C)C1. The Labute approximate surface area is 90.8 Å². The van der Waals surface area contributed by atoms with Gasteiger partial charge in [-0.05, 0) is 38.7 Å². The van der Waals surface area contributed by atoms with Crippen molar-refractivity contribution in [3.8, 4) is 0 Å². The molecule has 0 spiro atoms. The van der Waals surface area contributed by atoms with Crippen molar-refractivity contribution in [2.75, 3.05) is 0 Å². The maximum Gasteiger partial charge on any atom is 0.122 e. The zero-order chi connectivity index (χ0) is 11.0. The van der Waals surface area contributed by atoms with Crippen molar-refractivity contribution in [1.29, 1.82) is 0 Å². The monoisotopic (exact) mass is 213 g/mol. The lowest BCUT2D eigenvalue weighted by Crippen LogP contribution is -2.56. The van der Waals surface area contributed by atoms with Crippen molar-refractivity contribution in [2.45, 2.75) is 71.1 Å². The standard InChI is InChI=1S/C12H27NSi/c1-10-7-8-11(9-10)14(5,6)13-12(2,3)4/h10-11,13H,7-9H2,1-6H3. The largest absolute Gasteiger partial charge is 0.332 e. The molecular weight excluding hydrogens is 186 g/mol. The van der Waals surface area contributed by atoms with Crippen LogP contribution in [0.15, 0.2) is 0 Å². The second-order valence-electron chi connectivity index (χ2n) is 6.71. The van der Waals surface area contributed by atoms with Gasteiger partial charge in [0.1, 0.15) is 8.24 Å². The molecule has 0 radical (unpaired) electrons. The first-order chi connectivity index (χ1) is 6.21. The highest BCUT2D eigenvalue weighted by Crippen LogP contribution is 2.41. The molecule has 1 aliphatic rings. The molecule has 2 unspecified atom stereocenters. The summed E-state index contributed by atoms with van der Waals surface area (Å²) in [6, 6.07) is 0. The molecular formula is C12H27NSi. The summed E-state index contributed by atoms with van der Waals surface area (Å²) in [5, 5.41) is 0. The second-order valence-corrected chi connectivity index (χ2v) is 11.2. The predicted molar refractivity (Wildman–Crippen MR) is 67.1 cm³/mol. The van der Waals surface area contributed by atoms with Crippen molar-refractivity contribution in [3.05, 3.63) is 0 Å². The summed E-state index contributed by atoms with van der Waals surface area (Å²) >= 11 is 0. The molecule has 0 amide bonds. The fourth-order valence-corrected chi connectivity index (χ4v) is 6.95. The van der Waals surface area contributed by atoms with Gasteiger partial charge >= 0.3 is 0 Å². The van der Waals surface area contributed by atoms with Crippen LogP contribution in [-0.2, 0) is 0 Å². The van der Waals surface area contributed by atoms with Crippen LogP contribution in [0.25, 0.3) is 0 Å². The van der Waals surface area contributed by atoms with Gasteiger partial charge in [-0.1, -0.05) is 32.9 Å². The fraction of sp³-hybridized carbons (Fsp3) is 1.00. The molecule has 1 aliphatic carbocycles. The highest BCUT2D eigenvalue weighted by Gasteiger charge is 2.38. The Morgan fingerprint density at radius 1 is 1.14 bits per heavy atom. The molecule has 1 nitrogen and oxygen atoms in total. The van der Waals surface area contributed by atoms with Crippen LogP contribution >= 0.6 is 0 Å². The van der Waals surface area contributed by atoms with Gasteiger partial charge in [-0.25, -0.2) is 0 Å². The van der Waals surface area contributed by atoms with E-state index in [4.69, 9.17) is 0 Å². The van der Waals surface area contributed by atoms with E-state index in [-0.39, 0.29) is 0 Å². The number of hydrogen-bond acceptors (Lipinski definition) is 1. The first-order valence-corrected chi connectivity index (χ1v) is 9.08. The normalized spacial score (nSPS) is 29.6. The minimum atomic E-state index is -1.20. The van der Waals surface area contributed by atoms with E-state index in [0.29, 0.717) is 5.54 Å². The lowest BCUT2D eigenvalue weighted by atomic mass is 10.1. The van der Waals surface area contributed by atoms with Crippen LogP contribution in [0.4, 0.5) is 0 Å². The molecule has 2 heteroatoms. The van der Waals surface area contributed by atoms with Gasteiger partial charge in [0.15, 0.2) is 0 Å². The first kappa shape index (κ1) is 12.2. The average Bonchev–Trinajstić information content (AvgIpc) is 2.29. The van der Waals surface area contributed by atoms with Gasteiger partial charge in [-0.2, -0.15) is 0 Å². The van der Waals surface area contributed by atoms with Crippen molar-refractivity contribution >= 4 is 8.24 Å². The van der Waals surface area contributed by atoms with Gasteiger partial charge in [-0.15, -0.1) is 0 Å². The van der Waals surface area contributed by atoms with Gasteiger partial charge in [0.25, 0.3) is 0 Å². The van der Waals surface area contributed by atoms with E-state index in [1.54, 1.807) is 0 Å². The molecule has 0 aromatic carbocycles. The molecule has 1 fully saturated rings. The third kappa shape index (κ3) is 3.39. The van der Waals surface area contributed by atoms with Gasteiger partial charge in [0.2, 0.25) is 0 Å². The van der Waals surface area contributed by atoms with E-state index in [1.165, 1.54) is 19.3 Å². The third-order valence-electron chi connectivity index (χ3n) is 3.41. The van der Waals surface area contributed by atoms with Crippen molar-refractivity contribution in [1.82, 2.24) is 4.98 Å². The molecule has 0 heterocycles. The lowest BCUT2D eigenvalue weighted by molar-refractivity contribution is 0.502. The molecule has 1 rings (SSSR count). The summed E-state index contributed by atoms with van der Waals surface area (Å²) in [7, 11) is -1.20. The van der Waals surface area contributed by atoms with Crippen molar-refractivity contribution in [3.63, 3.8) is 0 Å². The van der Waals surface area contributed by atoms with Gasteiger partial charge < -0.3 is 4.98 Å². The fourth-order valence-electron chi connectivity index (χ4n) is 2.93. The maximum atomic E-state index is 3.90. The number of rotatable bonds is 2. The maximum absolute atomic E-state index is 3.90. The van der Waals surface area contributed by atoms with E-state index >= 15 is 0 Å². The van der Waals surface area contributed by atoms with Gasteiger partial charge in [-0.3, -0.25) is 0 Å². The van der Waals surface area contributed by atoms with E-state index in [2.05, 4.69) is 45.8 Å². The topological polar surface area (TPSA) is 12.0 Å². The molecule has 0 aromatic heterocycles. The summed E-state index contributed by atoms with van der Waals surface area (Å²) in [5.74, 6) is 0.966. The summed E-state index contributed by atoms with van der Waals surface area (Å²) in [5.41, 5.74) is 1.29. The average molecular weight is 213 g/mol. The Morgan fingerprint density at radius 3 is 2.07 bits per heavy atom. The smallest absolute Gasteiger partial charge is 0.122 e. The molecule has 84 valence electrons. The van der Waals surface area contributed by atoms with Crippen molar-refractivity contribution < 1.29 is 0 Å². The highest BCUT2D eigenvalue weighted by atomic mass is 28.3.